The summed E-state index contributed by atoms with van der Waals surface area (Å²) in [7, 11) is 0. The molecule has 1 nitrogen and oxygen atoms in total. The van der Waals surface area contributed by atoms with Crippen molar-refractivity contribution >= 4 is 21.8 Å². The third kappa shape index (κ3) is 1.79. The molecule has 1 heteroatoms. The number of fused-ring (bicyclic) bond motifs is 3. The number of hydrogen-bond donors (Lipinski definition) is 0. The van der Waals surface area contributed by atoms with Gasteiger partial charge in [-0.2, -0.15) is 0 Å². The Kier molecular flexibility index (Phi) is 2.83. The molecule has 0 bridgehead atoms. The highest BCUT2D eigenvalue weighted by molar-refractivity contribution is 6.11. The van der Waals surface area contributed by atoms with Crippen LogP contribution in [0, 0.1) is 20.8 Å². The minimum Gasteiger partial charge on any atom is -0.309 e. The van der Waals surface area contributed by atoms with Crippen molar-refractivity contribution in [3.63, 3.8) is 0 Å². The molecule has 3 aromatic carbocycles. The van der Waals surface area contributed by atoms with E-state index in [-0.39, 0.29) is 0 Å². The molecule has 22 heavy (non-hydrogen) atoms. The number of para-hydroxylation sites is 1. The topological polar surface area (TPSA) is 4.93 Å². The number of benzene rings is 3. The Bertz CT molecular complexity index is 988. The van der Waals surface area contributed by atoms with Crippen LogP contribution in [0.15, 0.2) is 60.7 Å². The van der Waals surface area contributed by atoms with E-state index in [0.717, 1.165) is 0 Å². The molecule has 1 aromatic heterocycles. The second-order valence-corrected chi connectivity index (χ2v) is 6.11. The van der Waals surface area contributed by atoms with Gasteiger partial charge in [0.05, 0.1) is 11.0 Å². The smallest absolute Gasteiger partial charge is 0.0570 e. The summed E-state index contributed by atoms with van der Waals surface area (Å²) in [4.78, 5) is 0. The summed E-state index contributed by atoms with van der Waals surface area (Å²) in [5.41, 5.74) is 7.76. The third-order valence-corrected chi connectivity index (χ3v) is 4.51. The largest absolute Gasteiger partial charge is 0.309 e. The number of aryl methyl sites for hydroxylation is 3. The van der Waals surface area contributed by atoms with Crippen LogP contribution >= 0.6 is 0 Å². The zero-order valence-electron chi connectivity index (χ0n) is 13.2. The highest BCUT2D eigenvalue weighted by atomic mass is 15.0. The first kappa shape index (κ1) is 13.1. The summed E-state index contributed by atoms with van der Waals surface area (Å²) < 4.78 is 2.40. The minimum atomic E-state index is 1.23. The number of hydrogen-bond acceptors (Lipinski definition) is 0. The molecule has 0 saturated heterocycles. The number of aromatic nitrogens is 1. The molecule has 0 aliphatic carbocycles. The lowest BCUT2D eigenvalue weighted by Gasteiger charge is -2.09. The normalized spacial score (nSPS) is 11.4. The highest BCUT2D eigenvalue weighted by Crippen LogP contribution is 2.35. The summed E-state index contributed by atoms with van der Waals surface area (Å²) in [5, 5.41) is 2.70. The van der Waals surface area contributed by atoms with E-state index < -0.39 is 0 Å². The fourth-order valence-corrected chi connectivity index (χ4v) is 3.43. The Balaban J connectivity index is 2.24. The van der Waals surface area contributed by atoms with E-state index in [1.54, 1.807) is 0 Å². The lowest BCUT2D eigenvalue weighted by atomic mass is 10.1. The van der Waals surface area contributed by atoms with Crippen molar-refractivity contribution in [3.8, 4) is 5.69 Å². The van der Waals surface area contributed by atoms with Gasteiger partial charge in [0, 0.05) is 16.5 Å². The monoisotopic (exact) mass is 285 g/mol. The van der Waals surface area contributed by atoms with E-state index in [1.807, 2.05) is 0 Å². The van der Waals surface area contributed by atoms with Gasteiger partial charge in [0.15, 0.2) is 0 Å². The molecule has 0 unspecified atom stereocenters. The maximum Gasteiger partial charge on any atom is 0.0570 e. The van der Waals surface area contributed by atoms with E-state index in [9.17, 15) is 0 Å². The van der Waals surface area contributed by atoms with Crippen molar-refractivity contribution in [2.75, 3.05) is 0 Å². The zero-order valence-corrected chi connectivity index (χ0v) is 13.2. The SMILES string of the molecule is Cc1ccc(-n2c3cccc(C)c3c3cccc(C)c32)cc1. The molecule has 0 aliphatic heterocycles. The molecule has 0 spiro atoms. The molecule has 0 aliphatic rings. The lowest BCUT2D eigenvalue weighted by molar-refractivity contribution is 1.16. The van der Waals surface area contributed by atoms with E-state index in [0.29, 0.717) is 0 Å². The fourth-order valence-electron chi connectivity index (χ4n) is 3.43. The Hall–Kier alpha value is -2.54. The van der Waals surface area contributed by atoms with Crippen LogP contribution in [0.25, 0.3) is 27.5 Å². The Morgan fingerprint density at radius 3 is 2.14 bits per heavy atom. The highest BCUT2D eigenvalue weighted by Gasteiger charge is 2.14. The molecule has 0 amide bonds. The first-order valence-corrected chi connectivity index (χ1v) is 7.73. The van der Waals surface area contributed by atoms with Crippen LogP contribution < -0.4 is 0 Å². The van der Waals surface area contributed by atoms with Crippen LogP contribution in [0.1, 0.15) is 16.7 Å². The molecule has 0 saturated carbocycles. The second kappa shape index (κ2) is 4.74. The molecule has 0 atom stereocenters. The van der Waals surface area contributed by atoms with Gasteiger partial charge >= 0.3 is 0 Å². The summed E-state index contributed by atoms with van der Waals surface area (Å²) in [6.45, 7) is 6.52. The van der Waals surface area contributed by atoms with Crippen molar-refractivity contribution in [1.82, 2.24) is 4.57 Å². The van der Waals surface area contributed by atoms with Crippen molar-refractivity contribution in [2.45, 2.75) is 20.8 Å². The van der Waals surface area contributed by atoms with E-state index in [4.69, 9.17) is 0 Å². The molecule has 0 radical (unpaired) electrons. The van der Waals surface area contributed by atoms with Crippen molar-refractivity contribution < 1.29 is 0 Å². The average molecular weight is 285 g/mol. The van der Waals surface area contributed by atoms with Gasteiger partial charge in [-0.1, -0.05) is 48.0 Å². The summed E-state index contributed by atoms with van der Waals surface area (Å²) >= 11 is 0. The molecule has 4 aromatic rings. The molecule has 0 N–H and O–H groups in total. The third-order valence-electron chi connectivity index (χ3n) is 4.51. The molecular formula is C21H19N. The van der Waals surface area contributed by atoms with E-state index >= 15 is 0 Å². The van der Waals surface area contributed by atoms with Crippen LogP contribution in [0.2, 0.25) is 0 Å². The van der Waals surface area contributed by atoms with Gasteiger partial charge in [-0.25, -0.2) is 0 Å². The molecule has 0 fully saturated rings. The molecular weight excluding hydrogens is 266 g/mol. The van der Waals surface area contributed by atoms with Crippen molar-refractivity contribution in [2.24, 2.45) is 0 Å². The van der Waals surface area contributed by atoms with Gasteiger partial charge < -0.3 is 4.57 Å². The minimum absolute atomic E-state index is 1.23. The van der Waals surface area contributed by atoms with Crippen LogP contribution in [-0.4, -0.2) is 4.57 Å². The lowest BCUT2D eigenvalue weighted by Crippen LogP contribution is -1.95. The number of rotatable bonds is 1. The zero-order chi connectivity index (χ0) is 15.3. The predicted octanol–water partition coefficient (Wildman–Crippen LogP) is 5.71. The summed E-state index contributed by atoms with van der Waals surface area (Å²) in [6.07, 6.45) is 0. The van der Waals surface area contributed by atoms with Crippen LogP contribution in [0.4, 0.5) is 0 Å². The number of nitrogens with zero attached hydrogens (tertiary/aromatic N) is 1. The first-order valence-electron chi connectivity index (χ1n) is 7.73. The van der Waals surface area contributed by atoms with E-state index in [2.05, 4.69) is 86.0 Å². The maximum absolute atomic E-state index is 2.40. The molecule has 1 heterocycles. The van der Waals surface area contributed by atoms with Crippen LogP contribution in [0.3, 0.4) is 0 Å². The molecule has 4 rings (SSSR count). The summed E-state index contributed by atoms with van der Waals surface area (Å²) in [6, 6.07) is 21.9. The Morgan fingerprint density at radius 1 is 0.682 bits per heavy atom. The summed E-state index contributed by atoms with van der Waals surface area (Å²) in [5.74, 6) is 0. The van der Waals surface area contributed by atoms with Gasteiger partial charge in [-0.05, 0) is 50.1 Å². The van der Waals surface area contributed by atoms with Crippen LogP contribution in [0.5, 0.6) is 0 Å². The van der Waals surface area contributed by atoms with Gasteiger partial charge in [0.2, 0.25) is 0 Å². The Morgan fingerprint density at radius 2 is 1.36 bits per heavy atom. The second-order valence-electron chi connectivity index (χ2n) is 6.11. The predicted molar refractivity (Wildman–Crippen MR) is 95.0 cm³/mol. The van der Waals surface area contributed by atoms with Crippen molar-refractivity contribution in [3.05, 3.63) is 77.4 Å². The molecule has 108 valence electrons. The van der Waals surface area contributed by atoms with Crippen LogP contribution in [-0.2, 0) is 0 Å². The van der Waals surface area contributed by atoms with Gasteiger partial charge in [0.1, 0.15) is 0 Å². The van der Waals surface area contributed by atoms with E-state index in [1.165, 1.54) is 44.2 Å². The van der Waals surface area contributed by atoms with Crippen molar-refractivity contribution in [1.29, 1.82) is 0 Å². The van der Waals surface area contributed by atoms with Gasteiger partial charge in [0.25, 0.3) is 0 Å². The Labute approximate surface area is 130 Å². The first-order chi connectivity index (χ1) is 10.7. The maximum atomic E-state index is 2.40. The van der Waals surface area contributed by atoms with Gasteiger partial charge in [-0.3, -0.25) is 0 Å². The fraction of sp³-hybridized carbons (Fsp3) is 0.143. The average Bonchev–Trinajstić information content (AvgIpc) is 2.85. The van der Waals surface area contributed by atoms with Gasteiger partial charge in [-0.15, -0.1) is 0 Å². The standard InChI is InChI=1S/C21H19N/c1-14-10-12-17(13-11-14)22-19-9-5-6-15(2)20(19)18-8-4-7-16(3)21(18)22/h4-13H,1-3H3. The quantitative estimate of drug-likeness (QED) is 0.422.